The lowest BCUT2D eigenvalue weighted by atomic mass is 9.88. The topological polar surface area (TPSA) is 29.5 Å². The van der Waals surface area contributed by atoms with Gasteiger partial charge < -0.3 is 9.84 Å². The molecular formula is C54H34O2. The summed E-state index contributed by atoms with van der Waals surface area (Å²) in [6, 6.07) is 70.5. The summed E-state index contributed by atoms with van der Waals surface area (Å²) < 4.78 is 6.54. The molecule has 262 valence electrons. The third-order valence-electron chi connectivity index (χ3n) is 11.4. The van der Waals surface area contributed by atoms with E-state index >= 15 is 0 Å². The Morgan fingerprint density at radius 2 is 0.679 bits per heavy atom. The lowest BCUT2D eigenvalue weighted by molar-refractivity contribution is 0.477. The Morgan fingerprint density at radius 3 is 1.34 bits per heavy atom. The smallest absolute Gasteiger partial charge is 0.135 e. The highest BCUT2D eigenvalue weighted by molar-refractivity contribution is 6.26. The first-order valence-electron chi connectivity index (χ1n) is 19.1. The molecule has 0 atom stereocenters. The molecule has 1 aliphatic rings. The molecule has 2 heteroatoms. The first-order valence-corrected chi connectivity index (χ1v) is 19.1. The van der Waals surface area contributed by atoms with Crippen molar-refractivity contribution in [2.45, 2.75) is 0 Å². The number of phenols is 1. The number of rotatable bonds is 4. The van der Waals surface area contributed by atoms with Gasteiger partial charge in [0.2, 0.25) is 0 Å². The van der Waals surface area contributed by atoms with Crippen molar-refractivity contribution in [3.8, 4) is 84.0 Å². The van der Waals surface area contributed by atoms with Crippen molar-refractivity contribution in [3.63, 3.8) is 0 Å². The van der Waals surface area contributed by atoms with Crippen LogP contribution in [-0.2, 0) is 0 Å². The van der Waals surface area contributed by atoms with Crippen LogP contribution >= 0.6 is 0 Å². The molecule has 0 fully saturated rings. The van der Waals surface area contributed by atoms with Gasteiger partial charge in [-0.2, -0.15) is 0 Å². The van der Waals surface area contributed by atoms with E-state index in [2.05, 4.69) is 164 Å². The molecule has 56 heavy (non-hydrogen) atoms. The van der Waals surface area contributed by atoms with Crippen molar-refractivity contribution in [2.75, 3.05) is 0 Å². The fourth-order valence-corrected chi connectivity index (χ4v) is 8.69. The average molecular weight is 715 g/mol. The summed E-state index contributed by atoms with van der Waals surface area (Å²) in [6.07, 6.45) is 0. The van der Waals surface area contributed by atoms with Crippen molar-refractivity contribution in [2.24, 2.45) is 0 Å². The molecule has 0 saturated carbocycles. The minimum atomic E-state index is 0.265. The Labute approximate surface area is 325 Å². The lowest BCUT2D eigenvalue weighted by Gasteiger charge is -2.16. The maximum Gasteiger partial charge on any atom is 0.135 e. The lowest BCUT2D eigenvalue weighted by Crippen LogP contribution is -1.89. The van der Waals surface area contributed by atoms with Gasteiger partial charge >= 0.3 is 0 Å². The predicted octanol–water partition coefficient (Wildman–Crippen LogP) is 15.0. The van der Waals surface area contributed by atoms with Gasteiger partial charge in [0.25, 0.3) is 0 Å². The molecule has 0 spiro atoms. The molecule has 1 heterocycles. The second-order valence-electron chi connectivity index (χ2n) is 14.6. The van der Waals surface area contributed by atoms with Crippen LogP contribution in [0.2, 0.25) is 0 Å². The van der Waals surface area contributed by atoms with Crippen LogP contribution in [0, 0.1) is 0 Å². The summed E-state index contributed by atoms with van der Waals surface area (Å²) >= 11 is 0. The number of benzene rings is 10. The van der Waals surface area contributed by atoms with Crippen LogP contribution in [0.25, 0.3) is 99.1 Å². The van der Waals surface area contributed by atoms with Gasteiger partial charge in [-0.05, 0) is 125 Å². The maximum atomic E-state index is 11.2. The van der Waals surface area contributed by atoms with Crippen molar-refractivity contribution in [1.82, 2.24) is 0 Å². The standard InChI is InChI=1S/C54H34O2/c55-52-28-24-37(32-50(52)40-15-5-4-14-39(40)34-12-2-1-3-13-34)35-22-26-45-46-27-23-36(31-49(46)43-18-8-7-17-42(43)48(45)30-35)38-25-29-54-51(33-38)44-19-9-6-16-41(44)47-20-10-11-21-53(47)56-54/h1-33,55H. The fourth-order valence-electron chi connectivity index (χ4n) is 8.69. The van der Waals surface area contributed by atoms with E-state index in [0.717, 1.165) is 67.1 Å². The van der Waals surface area contributed by atoms with Crippen LogP contribution in [0.3, 0.4) is 0 Å². The van der Waals surface area contributed by atoms with Gasteiger partial charge in [-0.1, -0.05) is 158 Å². The van der Waals surface area contributed by atoms with E-state index in [1.54, 1.807) is 0 Å². The number of ether oxygens (including phenoxy) is 1. The highest BCUT2D eigenvalue weighted by Crippen LogP contribution is 2.48. The molecule has 2 nitrogen and oxygen atoms in total. The number of para-hydroxylation sites is 1. The normalized spacial score (nSPS) is 11.8. The van der Waals surface area contributed by atoms with E-state index in [-0.39, 0.29) is 5.75 Å². The number of phenolic OH excluding ortho intramolecular Hbond substituents is 1. The van der Waals surface area contributed by atoms with Crippen LogP contribution in [0.15, 0.2) is 200 Å². The molecule has 0 bridgehead atoms. The molecule has 0 saturated heterocycles. The zero-order valence-electron chi connectivity index (χ0n) is 30.4. The van der Waals surface area contributed by atoms with Gasteiger partial charge in [0.15, 0.2) is 0 Å². The third kappa shape index (κ3) is 5.19. The molecule has 0 amide bonds. The minimum Gasteiger partial charge on any atom is -0.507 e. The number of fused-ring (bicyclic) bond motifs is 11. The predicted molar refractivity (Wildman–Crippen MR) is 233 cm³/mol. The molecule has 10 aromatic rings. The summed E-state index contributed by atoms with van der Waals surface area (Å²) in [4.78, 5) is 0. The van der Waals surface area contributed by atoms with Crippen molar-refractivity contribution in [3.05, 3.63) is 200 Å². The first kappa shape index (κ1) is 32.0. The second-order valence-corrected chi connectivity index (χ2v) is 14.6. The van der Waals surface area contributed by atoms with E-state index in [1.807, 2.05) is 36.4 Å². The van der Waals surface area contributed by atoms with Gasteiger partial charge in [-0.25, -0.2) is 0 Å². The zero-order chi connectivity index (χ0) is 37.2. The largest absolute Gasteiger partial charge is 0.507 e. The van der Waals surface area contributed by atoms with Crippen LogP contribution in [-0.4, -0.2) is 5.11 Å². The van der Waals surface area contributed by atoms with Crippen molar-refractivity contribution >= 4 is 32.3 Å². The number of aromatic hydroxyl groups is 1. The highest BCUT2D eigenvalue weighted by Gasteiger charge is 2.21. The zero-order valence-corrected chi connectivity index (χ0v) is 30.4. The van der Waals surface area contributed by atoms with Crippen LogP contribution in [0.1, 0.15) is 0 Å². The van der Waals surface area contributed by atoms with E-state index < -0.39 is 0 Å². The number of hydrogen-bond acceptors (Lipinski definition) is 2. The molecule has 0 aromatic heterocycles. The van der Waals surface area contributed by atoms with Gasteiger partial charge in [0.05, 0.1) is 0 Å². The Balaban J connectivity index is 1.03. The molecule has 0 radical (unpaired) electrons. The summed E-state index contributed by atoms with van der Waals surface area (Å²) in [5, 5.41) is 18.5. The SMILES string of the molecule is Oc1ccc(-c2ccc3c4ccc(-c5ccc6c(c5)-c5ccccc5-c5ccccc5O6)cc4c4ccccc4c3c2)cc1-c1ccccc1-c1ccccc1. The van der Waals surface area contributed by atoms with Crippen LogP contribution in [0.4, 0.5) is 0 Å². The summed E-state index contributed by atoms with van der Waals surface area (Å²) in [6.45, 7) is 0. The van der Waals surface area contributed by atoms with E-state index in [1.165, 1.54) is 43.4 Å². The van der Waals surface area contributed by atoms with E-state index in [9.17, 15) is 5.11 Å². The third-order valence-corrected chi connectivity index (χ3v) is 11.4. The van der Waals surface area contributed by atoms with E-state index in [0.29, 0.717) is 0 Å². The Kier molecular flexibility index (Phi) is 7.36. The molecule has 11 rings (SSSR count). The molecule has 0 unspecified atom stereocenters. The van der Waals surface area contributed by atoms with Gasteiger partial charge in [0, 0.05) is 16.7 Å². The molecule has 0 aliphatic carbocycles. The Morgan fingerprint density at radius 1 is 0.250 bits per heavy atom. The summed E-state index contributed by atoms with van der Waals surface area (Å²) in [5.41, 5.74) is 13.0. The van der Waals surface area contributed by atoms with E-state index in [4.69, 9.17) is 4.74 Å². The highest BCUT2D eigenvalue weighted by atomic mass is 16.5. The summed E-state index contributed by atoms with van der Waals surface area (Å²) in [7, 11) is 0. The minimum absolute atomic E-state index is 0.265. The Hall–Kier alpha value is -7.42. The Bertz CT molecular complexity index is 3160. The van der Waals surface area contributed by atoms with Crippen LogP contribution < -0.4 is 4.74 Å². The molecular weight excluding hydrogens is 681 g/mol. The van der Waals surface area contributed by atoms with Crippen molar-refractivity contribution < 1.29 is 9.84 Å². The molecule has 1 N–H and O–H groups in total. The van der Waals surface area contributed by atoms with Crippen molar-refractivity contribution in [1.29, 1.82) is 0 Å². The summed E-state index contributed by atoms with van der Waals surface area (Å²) in [5.74, 6) is 2.00. The second kappa shape index (κ2) is 12.9. The quantitative estimate of drug-likeness (QED) is 0.184. The van der Waals surface area contributed by atoms with Crippen LogP contribution in [0.5, 0.6) is 17.2 Å². The first-order chi connectivity index (χ1) is 27.7. The van der Waals surface area contributed by atoms with Gasteiger partial charge in [0.1, 0.15) is 17.2 Å². The maximum absolute atomic E-state index is 11.2. The molecule has 10 aromatic carbocycles. The fraction of sp³-hybridized carbons (Fsp3) is 0. The monoisotopic (exact) mass is 714 g/mol. The number of hydrogen-bond donors (Lipinski definition) is 1. The average Bonchev–Trinajstić information content (AvgIpc) is 3.41. The van der Waals surface area contributed by atoms with Gasteiger partial charge in [-0.3, -0.25) is 0 Å². The molecule has 1 aliphatic heterocycles. The van der Waals surface area contributed by atoms with Gasteiger partial charge in [-0.15, -0.1) is 0 Å².